The summed E-state index contributed by atoms with van der Waals surface area (Å²) in [5.74, 6) is 0. The lowest BCUT2D eigenvalue weighted by Crippen LogP contribution is -1.95. The standard InChI is InChI=1S/C10H10N2O/c11-5-8-2-1-3-9(4-8)10-6-12-13-7-10/h1-4,6-7H,5,11H2. The van der Waals surface area contributed by atoms with Crippen molar-refractivity contribution >= 4 is 0 Å². The molecule has 0 amide bonds. The number of benzene rings is 1. The number of hydrogen-bond donors (Lipinski definition) is 1. The maximum absolute atomic E-state index is 5.53. The lowest BCUT2D eigenvalue weighted by molar-refractivity contribution is 0.420. The molecule has 0 atom stereocenters. The average molecular weight is 174 g/mol. The number of nitrogens with zero attached hydrogens (tertiary/aromatic N) is 1. The fourth-order valence-corrected chi connectivity index (χ4v) is 1.23. The fraction of sp³-hybridized carbons (Fsp3) is 0.100. The highest BCUT2D eigenvalue weighted by molar-refractivity contribution is 5.61. The predicted molar refractivity (Wildman–Crippen MR) is 49.8 cm³/mol. The number of nitrogens with two attached hydrogens (primary N) is 1. The summed E-state index contributed by atoms with van der Waals surface area (Å²) in [6.45, 7) is 0.555. The summed E-state index contributed by atoms with van der Waals surface area (Å²) >= 11 is 0. The molecule has 3 heteroatoms. The van der Waals surface area contributed by atoms with Crippen LogP contribution in [0.5, 0.6) is 0 Å². The third-order valence-electron chi connectivity index (χ3n) is 1.93. The third kappa shape index (κ3) is 1.60. The summed E-state index contributed by atoms with van der Waals surface area (Å²) in [6, 6.07) is 8.01. The molecule has 1 aromatic carbocycles. The monoisotopic (exact) mass is 174 g/mol. The second-order valence-corrected chi connectivity index (χ2v) is 2.82. The first-order valence-electron chi connectivity index (χ1n) is 4.09. The van der Waals surface area contributed by atoms with Crippen molar-refractivity contribution in [2.75, 3.05) is 0 Å². The maximum Gasteiger partial charge on any atom is 0.131 e. The Bertz CT molecular complexity index is 382. The van der Waals surface area contributed by atoms with Crippen LogP contribution in [0.3, 0.4) is 0 Å². The van der Waals surface area contributed by atoms with Gasteiger partial charge >= 0.3 is 0 Å². The molecule has 0 aliphatic carbocycles. The Labute approximate surface area is 76.2 Å². The minimum absolute atomic E-state index is 0.555. The molecular weight excluding hydrogens is 164 g/mol. The number of hydrogen-bond acceptors (Lipinski definition) is 3. The zero-order chi connectivity index (χ0) is 9.10. The van der Waals surface area contributed by atoms with Crippen molar-refractivity contribution in [3.8, 4) is 11.1 Å². The first kappa shape index (κ1) is 8.01. The SMILES string of the molecule is NCc1cccc(-c2cnoc2)c1. The first-order chi connectivity index (χ1) is 6.40. The zero-order valence-electron chi connectivity index (χ0n) is 7.10. The van der Waals surface area contributed by atoms with Crippen LogP contribution in [0.2, 0.25) is 0 Å². The summed E-state index contributed by atoms with van der Waals surface area (Å²) in [6.07, 6.45) is 3.31. The van der Waals surface area contributed by atoms with Crippen LogP contribution < -0.4 is 5.73 Å². The van der Waals surface area contributed by atoms with Crippen molar-refractivity contribution in [3.05, 3.63) is 42.3 Å². The van der Waals surface area contributed by atoms with Gasteiger partial charge in [0.1, 0.15) is 6.26 Å². The highest BCUT2D eigenvalue weighted by atomic mass is 16.5. The van der Waals surface area contributed by atoms with Gasteiger partial charge in [-0.1, -0.05) is 23.4 Å². The van der Waals surface area contributed by atoms with E-state index in [4.69, 9.17) is 10.3 Å². The van der Waals surface area contributed by atoms with Gasteiger partial charge in [0.25, 0.3) is 0 Å². The molecule has 1 aromatic heterocycles. The second kappa shape index (κ2) is 3.41. The molecule has 0 aliphatic rings. The van der Waals surface area contributed by atoms with Crippen molar-refractivity contribution in [3.63, 3.8) is 0 Å². The number of aromatic nitrogens is 1. The molecule has 0 bridgehead atoms. The van der Waals surface area contributed by atoms with Crippen LogP contribution in [0.25, 0.3) is 11.1 Å². The van der Waals surface area contributed by atoms with E-state index in [1.165, 1.54) is 0 Å². The Morgan fingerprint density at radius 1 is 1.31 bits per heavy atom. The van der Waals surface area contributed by atoms with Crippen LogP contribution in [0.4, 0.5) is 0 Å². The maximum atomic E-state index is 5.53. The number of rotatable bonds is 2. The van der Waals surface area contributed by atoms with E-state index in [-0.39, 0.29) is 0 Å². The Morgan fingerprint density at radius 3 is 2.92 bits per heavy atom. The largest absolute Gasteiger partial charge is 0.364 e. The van der Waals surface area contributed by atoms with E-state index >= 15 is 0 Å². The minimum atomic E-state index is 0.555. The van der Waals surface area contributed by atoms with Crippen LogP contribution in [0.1, 0.15) is 5.56 Å². The zero-order valence-corrected chi connectivity index (χ0v) is 7.10. The highest BCUT2D eigenvalue weighted by Gasteiger charge is 1.99. The minimum Gasteiger partial charge on any atom is -0.364 e. The van der Waals surface area contributed by atoms with Gasteiger partial charge in [-0.25, -0.2) is 0 Å². The predicted octanol–water partition coefficient (Wildman–Crippen LogP) is 1.80. The molecule has 2 aromatic rings. The van der Waals surface area contributed by atoms with E-state index in [1.807, 2.05) is 24.3 Å². The molecule has 2 rings (SSSR count). The summed E-state index contributed by atoms with van der Waals surface area (Å²) in [7, 11) is 0. The quantitative estimate of drug-likeness (QED) is 0.755. The molecule has 13 heavy (non-hydrogen) atoms. The smallest absolute Gasteiger partial charge is 0.131 e. The molecule has 1 heterocycles. The molecule has 0 radical (unpaired) electrons. The molecule has 0 unspecified atom stereocenters. The highest BCUT2D eigenvalue weighted by Crippen LogP contribution is 2.19. The van der Waals surface area contributed by atoms with Crippen LogP contribution in [-0.4, -0.2) is 5.16 Å². The van der Waals surface area contributed by atoms with E-state index in [0.717, 1.165) is 16.7 Å². The Morgan fingerprint density at radius 2 is 2.23 bits per heavy atom. The van der Waals surface area contributed by atoms with Crippen LogP contribution >= 0.6 is 0 Å². The molecule has 0 fully saturated rings. The third-order valence-corrected chi connectivity index (χ3v) is 1.93. The van der Waals surface area contributed by atoms with E-state index < -0.39 is 0 Å². The molecule has 0 saturated carbocycles. The lowest BCUT2D eigenvalue weighted by Gasteiger charge is -1.99. The molecule has 0 spiro atoms. The molecule has 66 valence electrons. The topological polar surface area (TPSA) is 52.0 Å². The summed E-state index contributed by atoms with van der Waals surface area (Å²) < 4.78 is 4.76. The van der Waals surface area contributed by atoms with Crippen LogP contribution in [0, 0.1) is 0 Å². The van der Waals surface area contributed by atoms with Crippen molar-refractivity contribution in [2.24, 2.45) is 5.73 Å². The Kier molecular flexibility index (Phi) is 2.10. The summed E-state index contributed by atoms with van der Waals surface area (Å²) in [5, 5.41) is 3.65. The van der Waals surface area contributed by atoms with Gasteiger partial charge in [-0.05, 0) is 17.2 Å². The van der Waals surface area contributed by atoms with E-state index in [0.29, 0.717) is 6.54 Å². The second-order valence-electron chi connectivity index (χ2n) is 2.82. The van der Waals surface area contributed by atoms with Gasteiger partial charge < -0.3 is 10.3 Å². The molecule has 2 N–H and O–H groups in total. The van der Waals surface area contributed by atoms with E-state index in [1.54, 1.807) is 12.5 Å². The van der Waals surface area contributed by atoms with Gasteiger partial charge in [0.05, 0.1) is 6.20 Å². The van der Waals surface area contributed by atoms with Gasteiger partial charge in [-0.2, -0.15) is 0 Å². The first-order valence-corrected chi connectivity index (χ1v) is 4.09. The summed E-state index contributed by atoms with van der Waals surface area (Å²) in [5.41, 5.74) is 8.71. The van der Waals surface area contributed by atoms with Crippen LogP contribution in [-0.2, 0) is 6.54 Å². The average Bonchev–Trinajstić information content (AvgIpc) is 2.71. The molecule has 0 aliphatic heterocycles. The van der Waals surface area contributed by atoms with Gasteiger partial charge in [-0.3, -0.25) is 0 Å². The van der Waals surface area contributed by atoms with E-state index in [9.17, 15) is 0 Å². The van der Waals surface area contributed by atoms with Gasteiger partial charge in [0, 0.05) is 12.1 Å². The van der Waals surface area contributed by atoms with Crippen LogP contribution in [0.15, 0.2) is 41.2 Å². The van der Waals surface area contributed by atoms with Gasteiger partial charge in [0.2, 0.25) is 0 Å². The van der Waals surface area contributed by atoms with Gasteiger partial charge in [0.15, 0.2) is 0 Å². The Balaban J connectivity index is 2.41. The van der Waals surface area contributed by atoms with Crippen molar-refractivity contribution in [1.29, 1.82) is 0 Å². The molecule has 0 saturated heterocycles. The van der Waals surface area contributed by atoms with Gasteiger partial charge in [-0.15, -0.1) is 0 Å². The normalized spacial score (nSPS) is 10.2. The van der Waals surface area contributed by atoms with E-state index in [2.05, 4.69) is 5.16 Å². The molecule has 3 nitrogen and oxygen atoms in total. The Hall–Kier alpha value is -1.61. The fourth-order valence-electron chi connectivity index (χ4n) is 1.23. The lowest BCUT2D eigenvalue weighted by atomic mass is 10.1. The van der Waals surface area contributed by atoms with Crippen molar-refractivity contribution in [2.45, 2.75) is 6.54 Å². The van der Waals surface area contributed by atoms with Crippen molar-refractivity contribution < 1.29 is 4.52 Å². The summed E-state index contributed by atoms with van der Waals surface area (Å²) in [4.78, 5) is 0. The molecular formula is C10H10N2O. The van der Waals surface area contributed by atoms with Crippen molar-refractivity contribution in [1.82, 2.24) is 5.16 Å².